The molecule has 3 rings (SSSR count). The molecule has 2 fully saturated rings. The van der Waals surface area contributed by atoms with E-state index in [0.717, 1.165) is 30.5 Å². The van der Waals surface area contributed by atoms with Crippen molar-refractivity contribution in [1.29, 1.82) is 0 Å². The van der Waals surface area contributed by atoms with Gasteiger partial charge in [-0.25, -0.2) is 0 Å². The Morgan fingerprint density at radius 1 is 1.15 bits per heavy atom. The van der Waals surface area contributed by atoms with Gasteiger partial charge in [-0.15, -0.1) is 0 Å². The number of nitrogens with zero attached hydrogens (tertiary/aromatic N) is 1. The van der Waals surface area contributed by atoms with Gasteiger partial charge in [-0.3, -0.25) is 0 Å². The third kappa shape index (κ3) is 3.07. The molecule has 1 aromatic carbocycles. The molecule has 0 aromatic heterocycles. The molecule has 110 valence electrons. The van der Waals surface area contributed by atoms with E-state index in [1.165, 1.54) is 44.2 Å². The molecule has 2 aliphatic rings. The topological polar surface area (TPSA) is 23.5 Å². The molecule has 2 heteroatoms. The van der Waals surface area contributed by atoms with Gasteiger partial charge in [-0.05, 0) is 57.1 Å². The summed E-state index contributed by atoms with van der Waals surface area (Å²) < 4.78 is 0. The quantitative estimate of drug-likeness (QED) is 0.904. The number of aryl methyl sites for hydroxylation is 1. The van der Waals surface area contributed by atoms with Gasteiger partial charge >= 0.3 is 0 Å². The number of aliphatic hydroxyl groups is 1. The van der Waals surface area contributed by atoms with E-state index in [1.54, 1.807) is 0 Å². The third-order valence-corrected chi connectivity index (χ3v) is 5.26. The van der Waals surface area contributed by atoms with E-state index < -0.39 is 0 Å². The second kappa shape index (κ2) is 6.28. The summed E-state index contributed by atoms with van der Waals surface area (Å²) in [6, 6.07) is 9.12. The summed E-state index contributed by atoms with van der Waals surface area (Å²) in [6.45, 7) is 4.38. The van der Waals surface area contributed by atoms with Gasteiger partial charge in [0.25, 0.3) is 0 Å². The van der Waals surface area contributed by atoms with Gasteiger partial charge in [-0.2, -0.15) is 0 Å². The minimum atomic E-state index is -0.308. The van der Waals surface area contributed by atoms with E-state index in [4.69, 9.17) is 0 Å². The molecular weight excluding hydrogens is 246 g/mol. The SMILES string of the molecule is Cc1ccc(C(O)CCN2CCCC3CCCC32)cc1. The summed E-state index contributed by atoms with van der Waals surface area (Å²) in [6.07, 6.45) is 7.56. The van der Waals surface area contributed by atoms with E-state index in [1.807, 2.05) is 0 Å². The fraction of sp³-hybridized carbons (Fsp3) is 0.667. The van der Waals surface area contributed by atoms with Crippen LogP contribution in [0.4, 0.5) is 0 Å². The lowest BCUT2D eigenvalue weighted by atomic mass is 9.91. The molecule has 3 atom stereocenters. The van der Waals surface area contributed by atoms with Crippen LogP contribution in [0.1, 0.15) is 55.8 Å². The maximum atomic E-state index is 10.4. The molecule has 1 saturated heterocycles. The lowest BCUT2D eigenvalue weighted by molar-refractivity contribution is 0.0834. The molecule has 0 spiro atoms. The minimum Gasteiger partial charge on any atom is -0.388 e. The van der Waals surface area contributed by atoms with Crippen LogP contribution in [0, 0.1) is 12.8 Å². The van der Waals surface area contributed by atoms with Crippen LogP contribution in [0.15, 0.2) is 24.3 Å². The normalized spacial score (nSPS) is 28.3. The van der Waals surface area contributed by atoms with Crippen LogP contribution in [0.5, 0.6) is 0 Å². The smallest absolute Gasteiger partial charge is 0.0802 e. The van der Waals surface area contributed by atoms with Crippen molar-refractivity contribution in [3.63, 3.8) is 0 Å². The summed E-state index contributed by atoms with van der Waals surface area (Å²) in [5.41, 5.74) is 2.32. The first kappa shape index (κ1) is 14.1. The zero-order valence-corrected chi connectivity index (χ0v) is 12.6. The zero-order chi connectivity index (χ0) is 13.9. The first-order valence-corrected chi connectivity index (χ1v) is 8.23. The molecule has 3 unspecified atom stereocenters. The predicted molar refractivity (Wildman–Crippen MR) is 82.7 cm³/mol. The maximum absolute atomic E-state index is 10.4. The summed E-state index contributed by atoms with van der Waals surface area (Å²) in [7, 11) is 0. The van der Waals surface area contributed by atoms with Gasteiger partial charge in [0.15, 0.2) is 0 Å². The van der Waals surface area contributed by atoms with Crippen LogP contribution in [-0.4, -0.2) is 29.1 Å². The van der Waals surface area contributed by atoms with Gasteiger partial charge in [0.05, 0.1) is 6.10 Å². The molecule has 20 heavy (non-hydrogen) atoms. The van der Waals surface area contributed by atoms with E-state index in [0.29, 0.717) is 0 Å². The Morgan fingerprint density at radius 2 is 1.90 bits per heavy atom. The Hall–Kier alpha value is -0.860. The van der Waals surface area contributed by atoms with E-state index in [9.17, 15) is 5.11 Å². The number of hydrogen-bond donors (Lipinski definition) is 1. The highest BCUT2D eigenvalue weighted by molar-refractivity contribution is 5.23. The first-order chi connectivity index (χ1) is 9.74. The van der Waals surface area contributed by atoms with E-state index in [-0.39, 0.29) is 6.10 Å². The Kier molecular flexibility index (Phi) is 4.42. The number of rotatable bonds is 4. The highest BCUT2D eigenvalue weighted by Crippen LogP contribution is 2.37. The highest BCUT2D eigenvalue weighted by atomic mass is 16.3. The van der Waals surface area contributed by atoms with Crippen molar-refractivity contribution in [3.8, 4) is 0 Å². The molecule has 0 radical (unpaired) electrons. The van der Waals surface area contributed by atoms with Crippen LogP contribution in [0.3, 0.4) is 0 Å². The van der Waals surface area contributed by atoms with Crippen molar-refractivity contribution in [1.82, 2.24) is 4.90 Å². The molecule has 0 amide bonds. The second-order valence-electron chi connectivity index (χ2n) is 6.65. The third-order valence-electron chi connectivity index (χ3n) is 5.26. The average molecular weight is 273 g/mol. The van der Waals surface area contributed by atoms with Crippen LogP contribution in [0.25, 0.3) is 0 Å². The predicted octanol–water partition coefficient (Wildman–Crippen LogP) is 3.68. The Morgan fingerprint density at radius 3 is 2.70 bits per heavy atom. The van der Waals surface area contributed by atoms with Gasteiger partial charge in [-0.1, -0.05) is 36.2 Å². The number of aliphatic hydroxyl groups excluding tert-OH is 1. The van der Waals surface area contributed by atoms with Crippen molar-refractivity contribution in [3.05, 3.63) is 35.4 Å². The minimum absolute atomic E-state index is 0.308. The van der Waals surface area contributed by atoms with Crippen molar-refractivity contribution in [2.24, 2.45) is 5.92 Å². The maximum Gasteiger partial charge on any atom is 0.0802 e. The standard InChI is InChI=1S/C18H27NO/c1-14-7-9-16(10-8-14)18(20)11-13-19-12-3-5-15-4-2-6-17(15)19/h7-10,15,17-18,20H,2-6,11-13H2,1H3. The van der Waals surface area contributed by atoms with Gasteiger partial charge in [0, 0.05) is 12.6 Å². The summed E-state index contributed by atoms with van der Waals surface area (Å²) in [5.74, 6) is 0.945. The van der Waals surface area contributed by atoms with Crippen molar-refractivity contribution in [2.45, 2.75) is 57.6 Å². The molecule has 1 saturated carbocycles. The number of benzene rings is 1. The number of fused-ring (bicyclic) bond motifs is 1. The molecule has 2 nitrogen and oxygen atoms in total. The summed E-state index contributed by atoms with van der Waals surface area (Å²) in [4.78, 5) is 2.65. The molecule has 1 aliphatic carbocycles. The molecular formula is C18H27NO. The Bertz CT molecular complexity index is 428. The van der Waals surface area contributed by atoms with E-state index >= 15 is 0 Å². The van der Waals surface area contributed by atoms with Gasteiger partial charge < -0.3 is 10.0 Å². The van der Waals surface area contributed by atoms with Crippen LogP contribution in [0.2, 0.25) is 0 Å². The molecule has 1 aliphatic heterocycles. The average Bonchev–Trinajstić information content (AvgIpc) is 2.94. The summed E-state index contributed by atoms with van der Waals surface area (Å²) in [5, 5.41) is 10.4. The number of likely N-dealkylation sites (tertiary alicyclic amines) is 1. The molecule has 1 aromatic rings. The lowest BCUT2D eigenvalue weighted by Crippen LogP contribution is -2.43. The van der Waals surface area contributed by atoms with Crippen molar-refractivity contribution >= 4 is 0 Å². The van der Waals surface area contributed by atoms with E-state index in [2.05, 4.69) is 36.1 Å². The van der Waals surface area contributed by atoms with Crippen LogP contribution < -0.4 is 0 Å². The van der Waals surface area contributed by atoms with Crippen molar-refractivity contribution < 1.29 is 5.11 Å². The molecule has 0 bridgehead atoms. The van der Waals surface area contributed by atoms with Gasteiger partial charge in [0.2, 0.25) is 0 Å². The Labute approximate surface area is 122 Å². The van der Waals surface area contributed by atoms with Crippen LogP contribution >= 0.6 is 0 Å². The second-order valence-corrected chi connectivity index (χ2v) is 6.65. The fourth-order valence-electron chi connectivity index (χ4n) is 4.08. The highest BCUT2D eigenvalue weighted by Gasteiger charge is 2.34. The lowest BCUT2D eigenvalue weighted by Gasteiger charge is -2.38. The number of piperidine rings is 1. The van der Waals surface area contributed by atoms with Crippen LogP contribution in [-0.2, 0) is 0 Å². The largest absolute Gasteiger partial charge is 0.388 e. The number of hydrogen-bond acceptors (Lipinski definition) is 2. The van der Waals surface area contributed by atoms with Gasteiger partial charge in [0.1, 0.15) is 0 Å². The fourth-order valence-corrected chi connectivity index (χ4v) is 4.08. The zero-order valence-electron chi connectivity index (χ0n) is 12.6. The molecule has 1 heterocycles. The van der Waals surface area contributed by atoms with Crippen molar-refractivity contribution in [2.75, 3.05) is 13.1 Å². The first-order valence-electron chi connectivity index (χ1n) is 8.23. The monoisotopic (exact) mass is 273 g/mol. The summed E-state index contributed by atoms with van der Waals surface area (Å²) >= 11 is 0. The molecule has 1 N–H and O–H groups in total. The Balaban J connectivity index is 1.54.